The van der Waals surface area contributed by atoms with Crippen LogP contribution in [0.1, 0.15) is 25.0 Å². The van der Waals surface area contributed by atoms with E-state index in [9.17, 15) is 0 Å². The van der Waals surface area contributed by atoms with Gasteiger partial charge in [0.2, 0.25) is 0 Å². The van der Waals surface area contributed by atoms with Gasteiger partial charge in [0.1, 0.15) is 0 Å². The van der Waals surface area contributed by atoms with Crippen LogP contribution in [0.4, 0.5) is 5.69 Å². The quantitative estimate of drug-likeness (QED) is 0.721. The summed E-state index contributed by atoms with van der Waals surface area (Å²) in [4.78, 5) is 7.60. The van der Waals surface area contributed by atoms with Crippen molar-refractivity contribution in [2.75, 3.05) is 11.6 Å². The van der Waals surface area contributed by atoms with Gasteiger partial charge in [-0.1, -0.05) is 26.0 Å². The van der Waals surface area contributed by atoms with Gasteiger partial charge < -0.3 is 4.97 Å². The summed E-state index contributed by atoms with van der Waals surface area (Å²) in [6.07, 6.45) is 2.29. The standard InChI is InChI=1S/C13H20BNO/c1-10(2)8-12-4-5-13(11(3)9-12)15-14-6-7-16-15/h4-5,9-10,14H,6-8H2,1-3H3. The van der Waals surface area contributed by atoms with Crippen LogP contribution in [-0.2, 0) is 11.3 Å². The van der Waals surface area contributed by atoms with Crippen molar-refractivity contribution in [3.8, 4) is 0 Å². The van der Waals surface area contributed by atoms with Gasteiger partial charge in [0.25, 0.3) is 7.41 Å². The van der Waals surface area contributed by atoms with Crippen molar-refractivity contribution < 1.29 is 4.84 Å². The highest BCUT2D eigenvalue weighted by Crippen LogP contribution is 2.24. The minimum absolute atomic E-state index is 0.716. The molecule has 1 saturated heterocycles. The summed E-state index contributed by atoms with van der Waals surface area (Å²) in [6.45, 7) is 7.54. The second-order valence-corrected chi connectivity index (χ2v) is 5.01. The molecule has 0 spiro atoms. The molecule has 0 N–H and O–H groups in total. The first kappa shape index (κ1) is 11.5. The summed E-state index contributed by atoms with van der Waals surface area (Å²) in [5, 5.41) is 0. The van der Waals surface area contributed by atoms with Crippen molar-refractivity contribution in [3.63, 3.8) is 0 Å². The van der Waals surface area contributed by atoms with Crippen LogP contribution in [0.2, 0.25) is 6.32 Å². The van der Waals surface area contributed by atoms with E-state index >= 15 is 0 Å². The van der Waals surface area contributed by atoms with Gasteiger partial charge >= 0.3 is 0 Å². The minimum Gasteiger partial charge on any atom is -0.305 e. The highest BCUT2D eigenvalue weighted by molar-refractivity contribution is 6.41. The van der Waals surface area contributed by atoms with Crippen LogP contribution >= 0.6 is 0 Å². The topological polar surface area (TPSA) is 12.5 Å². The number of hydrogen-bond donors (Lipinski definition) is 0. The van der Waals surface area contributed by atoms with Crippen molar-refractivity contribution in [3.05, 3.63) is 29.3 Å². The molecular weight excluding hydrogens is 197 g/mol. The third kappa shape index (κ3) is 2.59. The van der Waals surface area contributed by atoms with Crippen molar-refractivity contribution in [1.82, 2.24) is 0 Å². The number of anilines is 1. The number of nitrogens with zero attached hydrogens (tertiary/aromatic N) is 1. The number of benzene rings is 1. The van der Waals surface area contributed by atoms with E-state index in [-0.39, 0.29) is 0 Å². The molecule has 0 aliphatic carbocycles. The van der Waals surface area contributed by atoms with Crippen LogP contribution < -0.4 is 4.97 Å². The summed E-state index contributed by atoms with van der Waals surface area (Å²) in [7, 11) is 1.02. The molecule has 1 aromatic carbocycles. The van der Waals surface area contributed by atoms with Gasteiger partial charge in [-0.2, -0.15) is 0 Å². The van der Waals surface area contributed by atoms with E-state index < -0.39 is 0 Å². The zero-order valence-corrected chi connectivity index (χ0v) is 10.5. The average Bonchev–Trinajstić information content (AvgIpc) is 2.69. The zero-order chi connectivity index (χ0) is 11.5. The lowest BCUT2D eigenvalue weighted by molar-refractivity contribution is 0.185. The highest BCUT2D eigenvalue weighted by atomic mass is 16.7. The molecule has 1 aromatic rings. The van der Waals surface area contributed by atoms with Crippen molar-refractivity contribution in [1.29, 1.82) is 0 Å². The molecule has 0 unspecified atom stereocenters. The Morgan fingerprint density at radius 3 is 2.81 bits per heavy atom. The molecule has 1 aliphatic rings. The first-order valence-electron chi connectivity index (χ1n) is 6.17. The maximum absolute atomic E-state index is 5.57. The Morgan fingerprint density at radius 1 is 1.44 bits per heavy atom. The van der Waals surface area contributed by atoms with Crippen LogP contribution in [0.3, 0.4) is 0 Å². The molecule has 1 heterocycles. The fourth-order valence-electron chi connectivity index (χ4n) is 2.23. The van der Waals surface area contributed by atoms with E-state index in [2.05, 4.69) is 39.0 Å². The van der Waals surface area contributed by atoms with Gasteiger partial charge in [-0.15, -0.1) is 0 Å². The molecule has 0 saturated carbocycles. The van der Waals surface area contributed by atoms with Crippen molar-refractivity contribution >= 4 is 13.1 Å². The first-order valence-corrected chi connectivity index (χ1v) is 6.17. The fraction of sp³-hybridized carbons (Fsp3) is 0.538. The third-order valence-electron chi connectivity index (χ3n) is 2.93. The monoisotopic (exact) mass is 217 g/mol. The average molecular weight is 217 g/mol. The van der Waals surface area contributed by atoms with Crippen LogP contribution in [0.5, 0.6) is 0 Å². The molecule has 86 valence electrons. The molecule has 0 amide bonds. The van der Waals surface area contributed by atoms with Gasteiger partial charge in [0, 0.05) is 0 Å². The lowest BCUT2D eigenvalue weighted by atomic mass is 9.89. The van der Waals surface area contributed by atoms with Gasteiger partial charge in [0.15, 0.2) is 0 Å². The number of hydrogen-bond acceptors (Lipinski definition) is 2. The predicted molar refractivity (Wildman–Crippen MR) is 70.1 cm³/mol. The summed E-state index contributed by atoms with van der Waals surface area (Å²) in [5.74, 6) is 0.716. The largest absolute Gasteiger partial charge is 0.305 e. The fourth-order valence-corrected chi connectivity index (χ4v) is 2.23. The Hall–Kier alpha value is -0.955. The Labute approximate surface area is 98.8 Å². The first-order chi connectivity index (χ1) is 7.66. The van der Waals surface area contributed by atoms with E-state index in [4.69, 9.17) is 4.84 Å². The molecule has 0 bridgehead atoms. The molecule has 3 heteroatoms. The van der Waals surface area contributed by atoms with Gasteiger partial charge in [0.05, 0.1) is 12.3 Å². The van der Waals surface area contributed by atoms with Crippen LogP contribution in [0, 0.1) is 12.8 Å². The highest BCUT2D eigenvalue weighted by Gasteiger charge is 2.17. The lowest BCUT2D eigenvalue weighted by Gasteiger charge is -2.20. The Bertz CT molecular complexity index is 359. The second-order valence-electron chi connectivity index (χ2n) is 5.01. The maximum atomic E-state index is 5.57. The number of aryl methyl sites for hydroxylation is 1. The molecule has 2 rings (SSSR count). The Balaban J connectivity index is 2.15. The maximum Gasteiger partial charge on any atom is 0.275 e. The van der Waals surface area contributed by atoms with E-state index in [0.717, 1.165) is 26.8 Å². The van der Waals surface area contributed by atoms with Crippen molar-refractivity contribution in [2.45, 2.75) is 33.5 Å². The van der Waals surface area contributed by atoms with Crippen molar-refractivity contribution in [2.24, 2.45) is 5.92 Å². The van der Waals surface area contributed by atoms with E-state index in [1.165, 1.54) is 16.8 Å². The van der Waals surface area contributed by atoms with Crippen LogP contribution in [0.25, 0.3) is 0 Å². The lowest BCUT2D eigenvalue weighted by Crippen LogP contribution is -2.20. The molecule has 16 heavy (non-hydrogen) atoms. The molecular formula is C13H20BNO. The normalized spacial score (nSPS) is 15.6. The molecule has 2 nitrogen and oxygen atoms in total. The SMILES string of the molecule is Cc1cc(CC(C)C)ccc1N1BCCO1. The third-order valence-corrected chi connectivity index (χ3v) is 2.93. The molecule has 0 atom stereocenters. The summed E-state index contributed by atoms with van der Waals surface area (Å²) in [5.41, 5.74) is 3.97. The second kappa shape index (κ2) is 4.92. The molecule has 1 aliphatic heterocycles. The van der Waals surface area contributed by atoms with Gasteiger partial charge in [-0.25, -0.2) is 0 Å². The van der Waals surface area contributed by atoms with Crippen LogP contribution in [0.15, 0.2) is 18.2 Å². The van der Waals surface area contributed by atoms with Gasteiger partial charge in [-0.3, -0.25) is 4.84 Å². The predicted octanol–water partition coefficient (Wildman–Crippen LogP) is 2.71. The summed E-state index contributed by atoms with van der Waals surface area (Å²) < 4.78 is 0. The number of rotatable bonds is 3. The zero-order valence-electron chi connectivity index (χ0n) is 10.5. The Kier molecular flexibility index (Phi) is 3.54. The summed E-state index contributed by atoms with van der Waals surface area (Å²) >= 11 is 0. The minimum atomic E-state index is 0.716. The molecule has 0 radical (unpaired) electrons. The molecule has 1 fully saturated rings. The van der Waals surface area contributed by atoms with E-state index in [1.807, 2.05) is 4.97 Å². The van der Waals surface area contributed by atoms with E-state index in [0.29, 0.717) is 5.92 Å². The van der Waals surface area contributed by atoms with E-state index in [1.54, 1.807) is 0 Å². The Morgan fingerprint density at radius 2 is 2.25 bits per heavy atom. The van der Waals surface area contributed by atoms with Crippen LogP contribution in [-0.4, -0.2) is 14.0 Å². The smallest absolute Gasteiger partial charge is 0.275 e. The molecule has 0 aromatic heterocycles. The summed E-state index contributed by atoms with van der Waals surface area (Å²) in [6, 6.07) is 6.71. The van der Waals surface area contributed by atoms with Gasteiger partial charge in [-0.05, 0) is 42.8 Å².